The van der Waals surface area contributed by atoms with Crippen LogP contribution in [0.1, 0.15) is 14.3 Å². The molecule has 16 heavy (non-hydrogen) atoms. The summed E-state index contributed by atoms with van der Waals surface area (Å²) in [6.07, 6.45) is 1.06. The first-order valence-electron chi connectivity index (χ1n) is 5.19. The van der Waals surface area contributed by atoms with Crippen LogP contribution in [0.3, 0.4) is 0 Å². The number of amides is 1. The van der Waals surface area contributed by atoms with Gasteiger partial charge in [-0.1, -0.05) is 0 Å². The SMILES string of the molecule is COC(=O)N[C@H](C(=O)OC)[C@H]1CCCOC1.[HH]. The van der Waals surface area contributed by atoms with E-state index in [0.29, 0.717) is 13.2 Å². The maximum Gasteiger partial charge on any atom is 0.407 e. The van der Waals surface area contributed by atoms with Gasteiger partial charge in [0.1, 0.15) is 6.04 Å². The smallest absolute Gasteiger partial charge is 0.407 e. The van der Waals surface area contributed by atoms with Gasteiger partial charge in [0.25, 0.3) is 0 Å². The summed E-state index contributed by atoms with van der Waals surface area (Å²) in [5.74, 6) is -0.527. The average Bonchev–Trinajstić information content (AvgIpc) is 2.35. The molecule has 94 valence electrons. The van der Waals surface area contributed by atoms with Crippen molar-refractivity contribution < 1.29 is 25.2 Å². The van der Waals surface area contributed by atoms with Gasteiger partial charge in [-0.2, -0.15) is 0 Å². The van der Waals surface area contributed by atoms with Gasteiger partial charge in [0.05, 0.1) is 20.8 Å². The number of rotatable bonds is 3. The Labute approximate surface area is 95.7 Å². The molecule has 0 radical (unpaired) electrons. The second-order valence-electron chi connectivity index (χ2n) is 3.61. The van der Waals surface area contributed by atoms with Crippen LogP contribution >= 0.6 is 0 Å². The number of ether oxygens (including phenoxy) is 3. The molecule has 1 rings (SSSR count). The lowest BCUT2D eigenvalue weighted by Crippen LogP contribution is -2.48. The third-order valence-electron chi connectivity index (χ3n) is 2.58. The third-order valence-corrected chi connectivity index (χ3v) is 2.58. The summed E-state index contributed by atoms with van der Waals surface area (Å²) in [4.78, 5) is 22.6. The highest BCUT2D eigenvalue weighted by atomic mass is 16.5. The van der Waals surface area contributed by atoms with E-state index < -0.39 is 18.1 Å². The summed E-state index contributed by atoms with van der Waals surface area (Å²) in [6.45, 7) is 1.15. The fourth-order valence-electron chi connectivity index (χ4n) is 1.71. The zero-order chi connectivity index (χ0) is 12.0. The highest BCUT2D eigenvalue weighted by Crippen LogP contribution is 2.18. The first-order chi connectivity index (χ1) is 7.69. The van der Waals surface area contributed by atoms with E-state index in [4.69, 9.17) is 4.74 Å². The quantitative estimate of drug-likeness (QED) is 0.721. The van der Waals surface area contributed by atoms with Gasteiger partial charge in [-0.05, 0) is 12.8 Å². The van der Waals surface area contributed by atoms with Crippen LogP contribution in [0.25, 0.3) is 0 Å². The van der Waals surface area contributed by atoms with Crippen molar-refractivity contribution in [2.24, 2.45) is 5.92 Å². The molecule has 0 aromatic carbocycles. The van der Waals surface area contributed by atoms with Crippen LogP contribution in [0.4, 0.5) is 4.79 Å². The minimum absolute atomic E-state index is 0. The van der Waals surface area contributed by atoms with Gasteiger partial charge < -0.3 is 19.5 Å². The molecular weight excluding hydrogens is 214 g/mol. The first-order valence-corrected chi connectivity index (χ1v) is 5.19. The van der Waals surface area contributed by atoms with Crippen molar-refractivity contribution in [1.82, 2.24) is 5.32 Å². The van der Waals surface area contributed by atoms with E-state index in [1.54, 1.807) is 0 Å². The maximum absolute atomic E-state index is 11.5. The molecule has 1 aliphatic rings. The highest BCUT2D eigenvalue weighted by Gasteiger charge is 2.32. The summed E-state index contributed by atoms with van der Waals surface area (Å²) in [6, 6.07) is -0.697. The molecule has 1 heterocycles. The van der Waals surface area contributed by atoms with Gasteiger partial charge in [-0.3, -0.25) is 0 Å². The van der Waals surface area contributed by atoms with Crippen molar-refractivity contribution in [3.63, 3.8) is 0 Å². The van der Waals surface area contributed by atoms with Gasteiger partial charge in [0, 0.05) is 14.0 Å². The number of carbonyl (C=O) groups is 2. The second-order valence-corrected chi connectivity index (χ2v) is 3.61. The Morgan fingerprint density at radius 2 is 2.19 bits per heavy atom. The Hall–Kier alpha value is -1.30. The molecule has 1 amide bonds. The Morgan fingerprint density at radius 1 is 1.44 bits per heavy atom. The molecule has 0 bridgehead atoms. The molecule has 2 atom stereocenters. The standard InChI is InChI=1S/C10H17NO5.H2/c1-14-9(12)8(11-10(13)15-2)7-4-3-5-16-6-7;/h7-8H,3-6H2,1-2H3,(H,11,13);1H/t7-,8-;/m0./s1. The number of esters is 1. The molecule has 6 heteroatoms. The maximum atomic E-state index is 11.5. The first kappa shape index (κ1) is 12.8. The summed E-state index contributed by atoms with van der Waals surface area (Å²) in [5.41, 5.74) is 0. The van der Waals surface area contributed by atoms with E-state index in [-0.39, 0.29) is 7.34 Å². The molecule has 0 aliphatic carbocycles. The molecular formula is C10H19NO5. The Morgan fingerprint density at radius 3 is 2.69 bits per heavy atom. The molecule has 0 aromatic rings. The molecule has 0 spiro atoms. The summed E-state index contributed by atoms with van der Waals surface area (Å²) in [5, 5.41) is 2.47. The molecule has 0 aromatic heterocycles. The van der Waals surface area contributed by atoms with Crippen LogP contribution in [0.15, 0.2) is 0 Å². The van der Waals surface area contributed by atoms with Gasteiger partial charge in [0.15, 0.2) is 0 Å². The average molecular weight is 233 g/mol. The summed E-state index contributed by atoms with van der Waals surface area (Å²) >= 11 is 0. The fourth-order valence-corrected chi connectivity index (χ4v) is 1.71. The van der Waals surface area contributed by atoms with Crippen LogP contribution in [-0.2, 0) is 19.0 Å². The predicted octanol–water partition coefficient (Wildman–Crippen LogP) is 0.557. The van der Waals surface area contributed by atoms with E-state index in [9.17, 15) is 9.59 Å². The molecule has 1 aliphatic heterocycles. The van der Waals surface area contributed by atoms with Crippen LogP contribution < -0.4 is 5.32 Å². The van der Waals surface area contributed by atoms with Crippen LogP contribution in [0.2, 0.25) is 0 Å². The van der Waals surface area contributed by atoms with Crippen molar-refractivity contribution in [2.75, 3.05) is 27.4 Å². The van der Waals surface area contributed by atoms with Crippen LogP contribution in [-0.4, -0.2) is 45.5 Å². The lowest BCUT2D eigenvalue weighted by molar-refractivity contribution is -0.146. The van der Waals surface area contributed by atoms with Gasteiger partial charge >= 0.3 is 12.1 Å². The fraction of sp³-hybridized carbons (Fsp3) is 0.800. The van der Waals surface area contributed by atoms with Gasteiger partial charge in [0.2, 0.25) is 0 Å². The van der Waals surface area contributed by atoms with Crippen LogP contribution in [0.5, 0.6) is 0 Å². The molecule has 1 N–H and O–H groups in total. The summed E-state index contributed by atoms with van der Waals surface area (Å²) < 4.78 is 14.4. The number of carbonyl (C=O) groups excluding carboxylic acids is 2. The van der Waals surface area contributed by atoms with Crippen molar-refractivity contribution >= 4 is 12.1 Å². The van der Waals surface area contributed by atoms with Crippen molar-refractivity contribution in [3.05, 3.63) is 0 Å². The van der Waals surface area contributed by atoms with E-state index in [1.807, 2.05) is 0 Å². The van der Waals surface area contributed by atoms with E-state index in [1.165, 1.54) is 14.2 Å². The molecule has 1 fully saturated rings. The lowest BCUT2D eigenvalue weighted by Gasteiger charge is -2.28. The van der Waals surface area contributed by atoms with E-state index in [2.05, 4.69) is 14.8 Å². The van der Waals surface area contributed by atoms with Gasteiger partial charge in [-0.15, -0.1) is 0 Å². The zero-order valence-corrected chi connectivity index (χ0v) is 9.52. The third kappa shape index (κ3) is 3.37. The molecule has 0 saturated carbocycles. The number of methoxy groups -OCH3 is 2. The number of alkyl carbamates (subject to hydrolysis) is 1. The second kappa shape index (κ2) is 6.32. The minimum atomic E-state index is -0.697. The number of hydrogen-bond donors (Lipinski definition) is 1. The normalized spacial score (nSPS) is 22.0. The van der Waals surface area contributed by atoms with Crippen molar-refractivity contribution in [2.45, 2.75) is 18.9 Å². The monoisotopic (exact) mass is 233 g/mol. The lowest BCUT2D eigenvalue weighted by atomic mass is 9.94. The van der Waals surface area contributed by atoms with E-state index >= 15 is 0 Å². The molecule has 1 saturated heterocycles. The highest BCUT2D eigenvalue weighted by molar-refractivity contribution is 5.81. The summed E-state index contributed by atoms with van der Waals surface area (Å²) in [7, 11) is 2.54. The topological polar surface area (TPSA) is 73.9 Å². The zero-order valence-electron chi connectivity index (χ0n) is 9.52. The van der Waals surface area contributed by atoms with Crippen LogP contribution in [0, 0.1) is 5.92 Å². The van der Waals surface area contributed by atoms with Crippen molar-refractivity contribution in [3.8, 4) is 0 Å². The Balaban J connectivity index is 0.00000256. The number of nitrogens with one attached hydrogen (secondary N) is 1. The number of hydrogen-bond acceptors (Lipinski definition) is 5. The predicted molar refractivity (Wildman–Crippen MR) is 57.0 cm³/mol. The molecule has 6 nitrogen and oxygen atoms in total. The van der Waals surface area contributed by atoms with Crippen molar-refractivity contribution in [1.29, 1.82) is 0 Å². The van der Waals surface area contributed by atoms with Gasteiger partial charge in [-0.25, -0.2) is 9.59 Å². The Bertz CT molecular complexity index is 255. The largest absolute Gasteiger partial charge is 0.467 e. The minimum Gasteiger partial charge on any atom is -0.467 e. The van der Waals surface area contributed by atoms with E-state index in [0.717, 1.165) is 12.8 Å². The molecule has 0 unspecified atom stereocenters. The Kier molecular flexibility index (Phi) is 5.04.